The maximum Gasteiger partial charge on any atom is 0.408 e. The minimum atomic E-state index is -0.896. The number of aryl methyl sites for hydroxylation is 1. The third-order valence-electron chi connectivity index (χ3n) is 9.91. The zero-order valence-electron chi connectivity index (χ0n) is 28.4. The largest absolute Gasteiger partial charge is 0.507 e. The number of hydrogen-bond acceptors (Lipinski definition) is 10. The Bertz CT molecular complexity index is 1550. The van der Waals surface area contributed by atoms with E-state index >= 15 is 0 Å². The van der Waals surface area contributed by atoms with E-state index in [0.717, 1.165) is 16.7 Å². The number of phenolic OH excluding ortho intramolecular Hbond substituents is 3. The lowest BCUT2D eigenvalue weighted by atomic mass is 9.71. The van der Waals surface area contributed by atoms with E-state index in [0.29, 0.717) is 35.3 Å². The van der Waals surface area contributed by atoms with Gasteiger partial charge in [-0.25, -0.2) is 4.79 Å². The van der Waals surface area contributed by atoms with Gasteiger partial charge in [0.15, 0.2) is 23.0 Å². The van der Waals surface area contributed by atoms with Crippen LogP contribution in [0, 0.1) is 13.8 Å². The van der Waals surface area contributed by atoms with Crippen LogP contribution in [0.3, 0.4) is 0 Å². The molecule has 0 spiro atoms. The molecule has 0 aromatic heterocycles. The number of hydrogen-bond donors (Lipinski definition) is 5. The lowest BCUT2D eigenvalue weighted by Gasteiger charge is -2.61. The van der Waals surface area contributed by atoms with Gasteiger partial charge in [-0.05, 0) is 79.5 Å². The topological polar surface area (TPSA) is 153 Å². The zero-order chi connectivity index (χ0) is 34.0. The monoisotopic (exact) mass is 640 g/mol. The van der Waals surface area contributed by atoms with Crippen LogP contribution in [0.5, 0.6) is 28.7 Å². The summed E-state index contributed by atoms with van der Waals surface area (Å²) >= 11 is 0. The number of likely N-dealkylation sites (N-methyl/N-ethyl adjacent to an activating group) is 1. The number of carbonyl (C=O) groups excluding carboxylic acids is 2. The van der Waals surface area contributed by atoms with Gasteiger partial charge in [0.2, 0.25) is 5.91 Å². The summed E-state index contributed by atoms with van der Waals surface area (Å²) in [7, 11) is 5.05. The second-order valence-corrected chi connectivity index (χ2v) is 13.9. The van der Waals surface area contributed by atoms with Crippen LogP contribution in [0.25, 0.3) is 0 Å². The number of fused-ring (bicyclic) bond motifs is 7. The normalized spacial score (nSPS) is 24.6. The second kappa shape index (κ2) is 12.0. The van der Waals surface area contributed by atoms with Crippen molar-refractivity contribution < 1.29 is 39.1 Å². The van der Waals surface area contributed by atoms with Gasteiger partial charge in [0.05, 0.1) is 26.3 Å². The first-order valence-corrected chi connectivity index (χ1v) is 15.8. The first-order valence-electron chi connectivity index (χ1n) is 15.8. The molecule has 1 unspecified atom stereocenters. The molecule has 3 heterocycles. The van der Waals surface area contributed by atoms with Crippen molar-refractivity contribution >= 4 is 12.0 Å². The van der Waals surface area contributed by atoms with Gasteiger partial charge in [-0.2, -0.15) is 0 Å². The molecule has 12 nitrogen and oxygen atoms in total. The Morgan fingerprint density at radius 2 is 1.63 bits per heavy atom. The molecular weight excluding hydrogens is 592 g/mol. The molecule has 6 atom stereocenters. The summed E-state index contributed by atoms with van der Waals surface area (Å²) in [4.78, 5) is 30.3. The highest BCUT2D eigenvalue weighted by Crippen LogP contribution is 2.57. The van der Waals surface area contributed by atoms with Crippen molar-refractivity contribution in [3.63, 3.8) is 0 Å². The van der Waals surface area contributed by atoms with Crippen molar-refractivity contribution in [1.82, 2.24) is 20.4 Å². The zero-order valence-corrected chi connectivity index (χ0v) is 28.4. The number of methoxy groups -OCH3 is 2. The fourth-order valence-corrected chi connectivity index (χ4v) is 7.96. The second-order valence-electron chi connectivity index (χ2n) is 13.9. The highest BCUT2D eigenvalue weighted by atomic mass is 16.6. The van der Waals surface area contributed by atoms with Crippen LogP contribution in [-0.4, -0.2) is 94.7 Å². The van der Waals surface area contributed by atoms with E-state index in [-0.39, 0.29) is 53.7 Å². The average Bonchev–Trinajstić information content (AvgIpc) is 2.96. The number of ether oxygens (including phenoxy) is 3. The smallest absolute Gasteiger partial charge is 0.408 e. The summed E-state index contributed by atoms with van der Waals surface area (Å²) in [5, 5.41) is 40.3. The Kier molecular flexibility index (Phi) is 8.76. The van der Waals surface area contributed by atoms with Crippen LogP contribution in [0.15, 0.2) is 6.07 Å². The molecule has 1 fully saturated rings. The molecule has 2 bridgehead atoms. The predicted octanol–water partition coefficient (Wildman–Crippen LogP) is 3.73. The fraction of sp³-hybridized carbons (Fsp3) is 0.588. The van der Waals surface area contributed by atoms with E-state index in [1.54, 1.807) is 41.7 Å². The van der Waals surface area contributed by atoms with E-state index in [4.69, 9.17) is 14.2 Å². The van der Waals surface area contributed by atoms with Crippen LogP contribution in [0.1, 0.15) is 80.1 Å². The number of nitrogens with one attached hydrogen (secondary N) is 2. The minimum Gasteiger partial charge on any atom is -0.507 e. The number of piperazine rings is 1. The van der Waals surface area contributed by atoms with Crippen LogP contribution in [0.4, 0.5) is 4.79 Å². The van der Waals surface area contributed by atoms with Crippen LogP contribution >= 0.6 is 0 Å². The van der Waals surface area contributed by atoms with Gasteiger partial charge in [-0.1, -0.05) is 6.07 Å². The molecule has 5 N–H and O–H groups in total. The molecule has 3 aliphatic rings. The quantitative estimate of drug-likeness (QED) is 0.295. The van der Waals surface area contributed by atoms with Crippen molar-refractivity contribution in [2.75, 3.05) is 27.8 Å². The molecule has 1 saturated heterocycles. The van der Waals surface area contributed by atoms with Gasteiger partial charge in [0.25, 0.3) is 0 Å². The molecule has 46 heavy (non-hydrogen) atoms. The molecule has 0 radical (unpaired) electrons. The van der Waals surface area contributed by atoms with E-state index in [9.17, 15) is 24.9 Å². The summed E-state index contributed by atoms with van der Waals surface area (Å²) in [6, 6.07) is 0.0982. The molecule has 252 valence electrons. The third-order valence-corrected chi connectivity index (χ3v) is 9.91. The molecule has 0 aliphatic carbocycles. The Balaban J connectivity index is 1.58. The highest BCUT2D eigenvalue weighted by molar-refractivity contribution is 5.85. The van der Waals surface area contributed by atoms with E-state index in [1.165, 1.54) is 7.11 Å². The Hall–Kier alpha value is -3.90. The molecule has 0 saturated carbocycles. The number of carbonyl (C=O) groups is 2. The predicted molar refractivity (Wildman–Crippen MR) is 172 cm³/mol. The lowest BCUT2D eigenvalue weighted by Crippen LogP contribution is -2.68. The van der Waals surface area contributed by atoms with Crippen molar-refractivity contribution in [1.29, 1.82) is 0 Å². The van der Waals surface area contributed by atoms with Gasteiger partial charge in [0, 0.05) is 46.9 Å². The number of amides is 2. The Morgan fingerprint density at radius 1 is 1.00 bits per heavy atom. The Labute approximate surface area is 270 Å². The minimum absolute atomic E-state index is 0.0276. The van der Waals surface area contributed by atoms with Gasteiger partial charge in [0.1, 0.15) is 17.4 Å². The summed E-state index contributed by atoms with van der Waals surface area (Å²) in [5.74, 6) is 0.238. The summed E-state index contributed by atoms with van der Waals surface area (Å²) in [6.07, 6.45) is 0.357. The molecule has 3 aliphatic heterocycles. The van der Waals surface area contributed by atoms with Gasteiger partial charge < -0.3 is 40.2 Å². The molecule has 5 rings (SSSR count). The molecule has 2 aromatic rings. The average molecular weight is 641 g/mol. The third kappa shape index (κ3) is 5.45. The standard InChI is InChI=1S/C34H48N4O8/c1-15-11-19-12-21-18(4)38-22(26(37(21)8)24(19)28(40)30(15)44-9)13-20-25(29(41)31(45-10)16(2)27(20)39)23(38)14-35-32(42)17(3)36-33(43)46-34(5,6)7/h11,17-18,21-23,26,39-41H,12-14H2,1-10H3,(H,35,42)(H,36,43)/t17-,18-,21-,22?,23-,26-/m0/s1. The highest BCUT2D eigenvalue weighted by Gasteiger charge is 2.55. The lowest BCUT2D eigenvalue weighted by molar-refractivity contribution is -0.124. The molecular formula is C34H48N4O8. The summed E-state index contributed by atoms with van der Waals surface area (Å²) in [5.41, 5.74) is 3.47. The maximum absolute atomic E-state index is 13.3. The number of alkyl carbamates (subject to hydrolysis) is 1. The summed E-state index contributed by atoms with van der Waals surface area (Å²) in [6.45, 7) is 12.6. The van der Waals surface area contributed by atoms with Crippen molar-refractivity contribution in [2.24, 2.45) is 0 Å². The van der Waals surface area contributed by atoms with E-state index in [2.05, 4.69) is 40.5 Å². The van der Waals surface area contributed by atoms with E-state index in [1.807, 2.05) is 6.92 Å². The first kappa shape index (κ1) is 33.5. The fourth-order valence-electron chi connectivity index (χ4n) is 7.96. The van der Waals surface area contributed by atoms with Gasteiger partial charge in [-0.15, -0.1) is 0 Å². The molecule has 12 heteroatoms. The van der Waals surface area contributed by atoms with Crippen molar-refractivity contribution in [3.05, 3.63) is 39.4 Å². The Morgan fingerprint density at radius 3 is 2.24 bits per heavy atom. The van der Waals surface area contributed by atoms with Crippen molar-refractivity contribution in [3.8, 4) is 28.7 Å². The van der Waals surface area contributed by atoms with Crippen LogP contribution < -0.4 is 20.1 Å². The first-order chi connectivity index (χ1) is 21.5. The summed E-state index contributed by atoms with van der Waals surface area (Å²) < 4.78 is 16.5. The van der Waals surface area contributed by atoms with Crippen molar-refractivity contribution in [2.45, 2.75) is 103 Å². The van der Waals surface area contributed by atoms with Crippen LogP contribution in [0.2, 0.25) is 0 Å². The molecule has 2 amide bonds. The number of benzene rings is 2. The van der Waals surface area contributed by atoms with Gasteiger partial charge in [-0.3, -0.25) is 14.6 Å². The maximum atomic E-state index is 13.3. The number of nitrogens with zero attached hydrogens (tertiary/aromatic N) is 2. The van der Waals surface area contributed by atoms with E-state index < -0.39 is 29.7 Å². The number of phenols is 3. The van der Waals surface area contributed by atoms with Gasteiger partial charge >= 0.3 is 6.09 Å². The SMILES string of the molecule is COc1c(C)cc2c(c1O)[C@@H]1C3Cc4c(O)c(C)c(OC)c(O)c4[C@H](CNC(=O)[C@H](C)NC(=O)OC(C)(C)C)N3[C@@H](C)[C@H](C2)N1C. The molecule has 2 aromatic carbocycles. The number of aromatic hydroxyl groups is 3. The van der Waals surface area contributed by atoms with Crippen LogP contribution in [-0.2, 0) is 22.4 Å². The number of rotatable bonds is 6.